The minimum absolute atomic E-state index is 0.179. The number of aromatic nitrogens is 1. The Morgan fingerprint density at radius 3 is 2.60 bits per heavy atom. The molecule has 2 unspecified atom stereocenters. The molecule has 1 saturated carbocycles. The van der Waals surface area contributed by atoms with E-state index in [0.29, 0.717) is 61.4 Å². The second kappa shape index (κ2) is 16.8. The van der Waals surface area contributed by atoms with Gasteiger partial charge in [0.25, 0.3) is 0 Å². The van der Waals surface area contributed by atoms with Crippen LogP contribution in [0.3, 0.4) is 0 Å². The second-order valence-electron chi connectivity index (χ2n) is 18.9. The molecule has 3 aromatic rings. The summed E-state index contributed by atoms with van der Waals surface area (Å²) in [6.45, 7) is 11.7. The Hall–Kier alpha value is -3.53. The van der Waals surface area contributed by atoms with Crippen LogP contribution in [0.2, 0.25) is 5.02 Å². The molecule has 312 valence electrons. The number of carboxylic acid groups (broad SMARTS) is 1. The molecular weight excluding hydrogens is 750 g/mol. The van der Waals surface area contributed by atoms with E-state index in [4.69, 9.17) is 35.5 Å². The van der Waals surface area contributed by atoms with Gasteiger partial charge in [-0.1, -0.05) is 31.5 Å². The van der Waals surface area contributed by atoms with Crippen LogP contribution in [0, 0.1) is 29.6 Å². The highest BCUT2D eigenvalue weighted by molar-refractivity contribution is 6.30. The van der Waals surface area contributed by atoms with E-state index in [2.05, 4.69) is 36.2 Å². The summed E-state index contributed by atoms with van der Waals surface area (Å²) in [5, 5.41) is 14.8. The number of hydrogen-bond acceptors (Lipinski definition) is 8. The van der Waals surface area contributed by atoms with Crippen molar-refractivity contribution >= 4 is 23.3 Å². The maximum atomic E-state index is 13.1. The van der Waals surface area contributed by atoms with Crippen molar-refractivity contribution < 1.29 is 28.8 Å². The van der Waals surface area contributed by atoms with Crippen molar-refractivity contribution in [2.45, 2.75) is 108 Å². The van der Waals surface area contributed by atoms with Gasteiger partial charge in [-0.05, 0) is 166 Å². The molecule has 9 nitrogen and oxygen atoms in total. The van der Waals surface area contributed by atoms with Crippen molar-refractivity contribution in [3.05, 3.63) is 76.1 Å². The Labute approximate surface area is 349 Å². The summed E-state index contributed by atoms with van der Waals surface area (Å²) in [7, 11) is 0. The van der Waals surface area contributed by atoms with Crippen LogP contribution in [0.15, 0.2) is 48.7 Å². The van der Waals surface area contributed by atoms with Crippen LogP contribution in [-0.2, 0) is 27.8 Å². The molecule has 3 aliphatic carbocycles. The van der Waals surface area contributed by atoms with Crippen LogP contribution < -0.4 is 19.5 Å². The third-order valence-electron chi connectivity index (χ3n) is 15.1. The predicted molar refractivity (Wildman–Crippen MR) is 227 cm³/mol. The number of aliphatic carboxylic acids is 1. The molecule has 5 atom stereocenters. The summed E-state index contributed by atoms with van der Waals surface area (Å²) in [6.07, 6.45) is 13.4. The van der Waals surface area contributed by atoms with Crippen molar-refractivity contribution in [2.24, 2.45) is 29.6 Å². The molecule has 4 heterocycles. The van der Waals surface area contributed by atoms with Crippen LogP contribution in [-0.4, -0.2) is 79.2 Å². The molecule has 58 heavy (non-hydrogen) atoms. The number of ether oxygens (including phenoxy) is 4. The van der Waals surface area contributed by atoms with Gasteiger partial charge in [0.05, 0.1) is 19.8 Å². The van der Waals surface area contributed by atoms with Gasteiger partial charge in [0.1, 0.15) is 11.3 Å². The largest absolute Gasteiger partial charge is 0.493 e. The van der Waals surface area contributed by atoms with Crippen LogP contribution >= 0.6 is 11.6 Å². The summed E-state index contributed by atoms with van der Waals surface area (Å²) >= 11 is 6.34. The fraction of sp³-hybridized carbons (Fsp3) is 0.625. The van der Waals surface area contributed by atoms with Crippen LogP contribution in [0.25, 0.3) is 0 Å². The lowest BCUT2D eigenvalue weighted by molar-refractivity contribution is -0.144. The Kier molecular flexibility index (Phi) is 11.6. The molecule has 0 bridgehead atoms. The number of rotatable bonds is 11. The topological polar surface area (TPSA) is 102 Å². The Morgan fingerprint density at radius 2 is 1.83 bits per heavy atom. The summed E-state index contributed by atoms with van der Waals surface area (Å²) in [4.78, 5) is 20.5. The van der Waals surface area contributed by atoms with E-state index >= 15 is 0 Å². The molecule has 6 aliphatic rings. The van der Waals surface area contributed by atoms with Crippen LogP contribution in [0.5, 0.6) is 17.2 Å². The number of aryl methyl sites for hydroxylation is 1. The lowest BCUT2D eigenvalue weighted by Crippen LogP contribution is -2.53. The molecule has 9 rings (SSSR count). The highest BCUT2D eigenvalue weighted by Crippen LogP contribution is 2.58. The van der Waals surface area contributed by atoms with Crippen molar-refractivity contribution in [2.75, 3.05) is 58.0 Å². The molecule has 3 fully saturated rings. The zero-order valence-corrected chi connectivity index (χ0v) is 35.2. The second-order valence-corrected chi connectivity index (χ2v) is 19.3. The van der Waals surface area contributed by atoms with Gasteiger partial charge in [0, 0.05) is 60.4 Å². The zero-order valence-electron chi connectivity index (χ0n) is 34.5. The Balaban J connectivity index is 0.927. The summed E-state index contributed by atoms with van der Waals surface area (Å²) in [6, 6.07) is 14.0. The lowest BCUT2D eigenvalue weighted by atomic mass is 9.59. The molecule has 10 heteroatoms. The fourth-order valence-electron chi connectivity index (χ4n) is 11.9. The van der Waals surface area contributed by atoms with E-state index in [9.17, 15) is 9.90 Å². The smallest absolute Gasteiger partial charge is 0.329 e. The number of nitrogens with zero attached hydrogens (tertiary/aromatic N) is 2. The van der Waals surface area contributed by atoms with Gasteiger partial charge >= 0.3 is 5.97 Å². The molecule has 0 amide bonds. The van der Waals surface area contributed by atoms with Gasteiger partial charge in [-0.2, -0.15) is 0 Å². The number of nitrogens with one attached hydrogen (secondary N) is 1. The standard InChI is InChI=1S/C48H62ClN3O6/c1-31(28-56-42-9-17-50-41-8-3-5-32(2)45(41)42)21-37-22-36-23-43-44(58-30-33(29-57-43)26-52-18-10-35(27-52)34-11-19-55-20-12-34)25-40(36)47(37)13-15-48(16-14-47,46(53)54)51-39-7-4-6-38(49)24-39/h4,6-7,9,17,23-25,31-35,37,51H,3,5,8,10-16,18-22,26-30H2,1-2H3,(H,53,54)/t31-,32-,33?,35?,37+,47?,48?/m1/s1. The number of pyridine rings is 1. The number of fused-ring (bicyclic) bond motifs is 4. The monoisotopic (exact) mass is 811 g/mol. The minimum atomic E-state index is -1.08. The first-order valence-electron chi connectivity index (χ1n) is 22.3. The van der Waals surface area contributed by atoms with E-state index in [-0.39, 0.29) is 5.41 Å². The number of likely N-dealkylation sites (tertiary alicyclic amines) is 1. The number of halogens is 1. The van der Waals surface area contributed by atoms with E-state index in [1.807, 2.05) is 36.5 Å². The number of benzene rings is 2. The maximum Gasteiger partial charge on any atom is 0.329 e. The summed E-state index contributed by atoms with van der Waals surface area (Å²) in [5.74, 6) is 4.83. The summed E-state index contributed by atoms with van der Waals surface area (Å²) in [5.41, 5.74) is 4.61. The average Bonchev–Trinajstić information content (AvgIpc) is 3.74. The molecule has 2 saturated heterocycles. The average molecular weight is 812 g/mol. The van der Waals surface area contributed by atoms with Crippen molar-refractivity contribution in [3.8, 4) is 17.2 Å². The highest BCUT2D eigenvalue weighted by atomic mass is 35.5. The summed E-state index contributed by atoms with van der Waals surface area (Å²) < 4.78 is 25.6. The predicted octanol–water partition coefficient (Wildman–Crippen LogP) is 9.34. The normalized spacial score (nSPS) is 30.3. The van der Waals surface area contributed by atoms with Crippen molar-refractivity contribution in [1.29, 1.82) is 0 Å². The van der Waals surface area contributed by atoms with Gasteiger partial charge in [-0.3, -0.25) is 4.98 Å². The molecule has 1 spiro atoms. The third-order valence-corrected chi connectivity index (χ3v) is 15.3. The fourth-order valence-corrected chi connectivity index (χ4v) is 12.1. The molecule has 3 aliphatic heterocycles. The van der Waals surface area contributed by atoms with E-state index < -0.39 is 11.5 Å². The van der Waals surface area contributed by atoms with Crippen LogP contribution in [0.4, 0.5) is 5.69 Å². The molecule has 2 N–H and O–H groups in total. The highest BCUT2D eigenvalue weighted by Gasteiger charge is 2.54. The third kappa shape index (κ3) is 8.04. The van der Waals surface area contributed by atoms with Gasteiger partial charge in [-0.15, -0.1) is 0 Å². The molecular formula is C48H62ClN3O6. The Bertz CT molecular complexity index is 1940. The maximum absolute atomic E-state index is 13.1. The number of hydrogen-bond donors (Lipinski definition) is 2. The SMILES string of the molecule is C[C@@H](COc1ccnc2c1[C@H](C)CCC2)C[C@H]1Cc2cc3c(cc2C12CCC(Nc1cccc(Cl)c1)(C(=O)O)CC2)OCC(CN1CCC(C2CCOCC2)C1)CO3. The van der Waals surface area contributed by atoms with E-state index in [1.165, 1.54) is 61.0 Å². The minimum Gasteiger partial charge on any atom is -0.493 e. The number of carboxylic acids is 1. The molecule has 2 aromatic carbocycles. The van der Waals surface area contributed by atoms with Gasteiger partial charge in [0.2, 0.25) is 0 Å². The number of carbonyl (C=O) groups is 1. The molecule has 0 radical (unpaired) electrons. The van der Waals surface area contributed by atoms with Crippen molar-refractivity contribution in [1.82, 2.24) is 9.88 Å². The lowest BCUT2D eigenvalue weighted by Gasteiger charge is -2.47. The quantitative estimate of drug-likeness (QED) is 0.196. The first-order valence-corrected chi connectivity index (χ1v) is 22.7. The first-order chi connectivity index (χ1) is 28.2. The first kappa shape index (κ1) is 39.9. The Morgan fingerprint density at radius 1 is 1.03 bits per heavy atom. The van der Waals surface area contributed by atoms with Gasteiger partial charge < -0.3 is 34.3 Å². The molecule has 1 aromatic heterocycles. The van der Waals surface area contributed by atoms with E-state index in [0.717, 1.165) is 93.2 Å². The zero-order chi connectivity index (χ0) is 39.9. The van der Waals surface area contributed by atoms with Gasteiger partial charge in [-0.25, -0.2) is 4.79 Å². The van der Waals surface area contributed by atoms with E-state index in [1.54, 1.807) is 0 Å². The van der Waals surface area contributed by atoms with Crippen LogP contribution in [0.1, 0.15) is 106 Å². The number of anilines is 1. The van der Waals surface area contributed by atoms with Gasteiger partial charge in [0.15, 0.2) is 11.5 Å². The van der Waals surface area contributed by atoms with Crippen molar-refractivity contribution in [3.63, 3.8) is 0 Å².